The molecule has 2 atom stereocenters. The molecule has 20 heavy (non-hydrogen) atoms. The summed E-state index contributed by atoms with van der Waals surface area (Å²) >= 11 is 0. The van der Waals surface area contributed by atoms with E-state index in [0.717, 1.165) is 6.04 Å². The van der Waals surface area contributed by atoms with Gasteiger partial charge in [0.1, 0.15) is 0 Å². The maximum absolute atomic E-state index is 2.72. The Labute approximate surface area is 123 Å². The maximum Gasteiger partial charge on any atom is 0.0223 e. The fraction of sp³-hybridized carbons (Fsp3) is 0.667. The van der Waals surface area contributed by atoms with Gasteiger partial charge < -0.3 is 4.90 Å². The predicted molar refractivity (Wildman–Crippen MR) is 85.1 cm³/mol. The third-order valence-corrected chi connectivity index (χ3v) is 5.13. The molecular weight excluding hydrogens is 244 g/mol. The Morgan fingerprint density at radius 2 is 1.90 bits per heavy atom. The van der Waals surface area contributed by atoms with Crippen LogP contribution in [0.4, 0.5) is 0 Å². The molecule has 2 nitrogen and oxygen atoms in total. The van der Waals surface area contributed by atoms with Gasteiger partial charge in [-0.05, 0) is 63.3 Å². The molecule has 2 aliphatic rings. The van der Waals surface area contributed by atoms with Crippen LogP contribution in [-0.4, -0.2) is 48.6 Å². The molecular formula is C18H28N2. The normalized spacial score (nSPS) is 26.1. The first kappa shape index (κ1) is 14.1. The summed E-state index contributed by atoms with van der Waals surface area (Å²) < 4.78 is 0. The van der Waals surface area contributed by atoms with Crippen molar-refractivity contribution in [1.82, 2.24) is 9.80 Å². The summed E-state index contributed by atoms with van der Waals surface area (Å²) in [6, 6.07) is 11.8. The van der Waals surface area contributed by atoms with E-state index >= 15 is 0 Å². The van der Waals surface area contributed by atoms with Crippen LogP contribution in [0.1, 0.15) is 44.1 Å². The zero-order valence-corrected chi connectivity index (χ0v) is 12.8. The van der Waals surface area contributed by atoms with Gasteiger partial charge in [0.2, 0.25) is 0 Å². The second-order valence-electron chi connectivity index (χ2n) is 6.59. The Morgan fingerprint density at radius 3 is 2.75 bits per heavy atom. The number of benzene rings is 1. The predicted octanol–water partition coefficient (Wildman–Crippen LogP) is 3.35. The molecule has 0 N–H and O–H groups in total. The van der Waals surface area contributed by atoms with E-state index in [1.54, 1.807) is 0 Å². The van der Waals surface area contributed by atoms with Gasteiger partial charge >= 0.3 is 0 Å². The topological polar surface area (TPSA) is 6.48 Å². The summed E-state index contributed by atoms with van der Waals surface area (Å²) in [5.74, 6) is 0.680. The molecule has 0 aromatic heterocycles. The first-order valence-electron chi connectivity index (χ1n) is 8.34. The van der Waals surface area contributed by atoms with Crippen LogP contribution in [0.2, 0.25) is 0 Å². The average Bonchev–Trinajstić information content (AvgIpc) is 2.83. The van der Waals surface area contributed by atoms with Crippen molar-refractivity contribution in [3.8, 4) is 0 Å². The zero-order valence-electron chi connectivity index (χ0n) is 12.8. The van der Waals surface area contributed by atoms with Crippen LogP contribution in [0, 0.1) is 0 Å². The van der Waals surface area contributed by atoms with Gasteiger partial charge in [-0.15, -0.1) is 0 Å². The van der Waals surface area contributed by atoms with Gasteiger partial charge in [-0.3, -0.25) is 4.90 Å². The lowest BCUT2D eigenvalue weighted by Gasteiger charge is -2.26. The Kier molecular flexibility index (Phi) is 4.74. The molecule has 2 saturated heterocycles. The quantitative estimate of drug-likeness (QED) is 0.829. The van der Waals surface area contributed by atoms with E-state index < -0.39 is 0 Å². The van der Waals surface area contributed by atoms with Gasteiger partial charge in [0.15, 0.2) is 0 Å². The minimum absolute atomic E-state index is 0.680. The lowest BCUT2D eigenvalue weighted by Crippen LogP contribution is -2.37. The van der Waals surface area contributed by atoms with Crippen molar-refractivity contribution in [1.29, 1.82) is 0 Å². The summed E-state index contributed by atoms with van der Waals surface area (Å²) in [7, 11) is 0. The van der Waals surface area contributed by atoms with Crippen molar-refractivity contribution in [2.45, 2.75) is 44.6 Å². The van der Waals surface area contributed by atoms with Crippen molar-refractivity contribution in [3.63, 3.8) is 0 Å². The van der Waals surface area contributed by atoms with Crippen molar-refractivity contribution in [3.05, 3.63) is 35.9 Å². The van der Waals surface area contributed by atoms with E-state index in [0.29, 0.717) is 5.92 Å². The van der Waals surface area contributed by atoms with Gasteiger partial charge in [-0.2, -0.15) is 0 Å². The van der Waals surface area contributed by atoms with E-state index in [4.69, 9.17) is 0 Å². The first-order chi connectivity index (χ1) is 9.83. The Hall–Kier alpha value is -0.860. The largest absolute Gasteiger partial charge is 0.302 e. The Bertz CT molecular complexity index is 403. The van der Waals surface area contributed by atoms with Gasteiger partial charge in [-0.25, -0.2) is 0 Å². The highest BCUT2D eigenvalue weighted by Crippen LogP contribution is 2.23. The van der Waals surface area contributed by atoms with Crippen LogP contribution in [-0.2, 0) is 0 Å². The van der Waals surface area contributed by atoms with Crippen LogP contribution >= 0.6 is 0 Å². The molecule has 110 valence electrons. The highest BCUT2D eigenvalue weighted by molar-refractivity contribution is 5.18. The number of hydrogen-bond donors (Lipinski definition) is 0. The van der Waals surface area contributed by atoms with Crippen LogP contribution in [0.3, 0.4) is 0 Å². The minimum atomic E-state index is 0.680. The van der Waals surface area contributed by atoms with Crippen LogP contribution in [0.15, 0.2) is 30.3 Å². The molecule has 0 amide bonds. The zero-order chi connectivity index (χ0) is 13.8. The van der Waals surface area contributed by atoms with Gasteiger partial charge in [-0.1, -0.05) is 37.3 Å². The van der Waals surface area contributed by atoms with Gasteiger partial charge in [0.05, 0.1) is 0 Å². The van der Waals surface area contributed by atoms with Crippen LogP contribution in [0.5, 0.6) is 0 Å². The molecule has 1 aromatic rings. The minimum Gasteiger partial charge on any atom is -0.302 e. The van der Waals surface area contributed by atoms with E-state index in [1.807, 2.05) is 0 Å². The summed E-state index contributed by atoms with van der Waals surface area (Å²) in [5, 5.41) is 0. The summed E-state index contributed by atoms with van der Waals surface area (Å²) in [4.78, 5) is 5.44. The second kappa shape index (κ2) is 6.73. The van der Waals surface area contributed by atoms with Crippen LogP contribution < -0.4 is 0 Å². The van der Waals surface area contributed by atoms with Gasteiger partial charge in [0.25, 0.3) is 0 Å². The monoisotopic (exact) mass is 272 g/mol. The average molecular weight is 272 g/mol. The fourth-order valence-corrected chi connectivity index (χ4v) is 3.81. The van der Waals surface area contributed by atoms with Crippen molar-refractivity contribution in [2.75, 3.05) is 32.7 Å². The molecule has 0 saturated carbocycles. The highest BCUT2D eigenvalue weighted by atomic mass is 15.3. The molecule has 1 aromatic carbocycles. The third-order valence-electron chi connectivity index (χ3n) is 5.13. The SMILES string of the molecule is CC(CCN1CCCN2CCCC2C1)c1ccccc1. The third kappa shape index (κ3) is 3.42. The molecule has 2 heterocycles. The standard InChI is InChI=1S/C18H28N2/c1-16(17-7-3-2-4-8-17)10-14-19-11-6-13-20-12-5-9-18(20)15-19/h2-4,7-8,16,18H,5-6,9-15H2,1H3. The lowest BCUT2D eigenvalue weighted by molar-refractivity contribution is 0.216. The van der Waals surface area contributed by atoms with Crippen molar-refractivity contribution >= 4 is 0 Å². The van der Waals surface area contributed by atoms with Crippen LogP contribution in [0.25, 0.3) is 0 Å². The van der Waals surface area contributed by atoms with E-state index in [2.05, 4.69) is 47.1 Å². The molecule has 2 heteroatoms. The van der Waals surface area contributed by atoms with Crippen molar-refractivity contribution < 1.29 is 0 Å². The smallest absolute Gasteiger partial charge is 0.0223 e. The Morgan fingerprint density at radius 1 is 1.10 bits per heavy atom. The number of nitrogens with zero attached hydrogens (tertiary/aromatic N) is 2. The molecule has 3 rings (SSSR count). The molecule has 2 fully saturated rings. The molecule has 0 radical (unpaired) electrons. The van der Waals surface area contributed by atoms with E-state index in [9.17, 15) is 0 Å². The Balaban J connectivity index is 1.50. The second-order valence-corrected chi connectivity index (χ2v) is 6.59. The number of rotatable bonds is 4. The number of hydrogen-bond acceptors (Lipinski definition) is 2. The highest BCUT2D eigenvalue weighted by Gasteiger charge is 2.28. The summed E-state index contributed by atoms with van der Waals surface area (Å²) in [6.45, 7) is 8.92. The molecule has 0 aliphatic carbocycles. The fourth-order valence-electron chi connectivity index (χ4n) is 3.81. The first-order valence-corrected chi connectivity index (χ1v) is 8.34. The summed E-state index contributed by atoms with van der Waals surface area (Å²) in [6.07, 6.45) is 5.48. The maximum atomic E-state index is 2.72. The van der Waals surface area contributed by atoms with Crippen molar-refractivity contribution in [2.24, 2.45) is 0 Å². The number of fused-ring (bicyclic) bond motifs is 1. The molecule has 0 spiro atoms. The molecule has 0 bridgehead atoms. The lowest BCUT2D eigenvalue weighted by atomic mass is 9.97. The molecule has 2 aliphatic heterocycles. The van der Waals surface area contributed by atoms with Gasteiger partial charge in [0, 0.05) is 12.6 Å². The summed E-state index contributed by atoms with van der Waals surface area (Å²) in [5.41, 5.74) is 1.49. The molecule has 2 unspecified atom stereocenters. The van der Waals surface area contributed by atoms with E-state index in [-0.39, 0.29) is 0 Å². The van der Waals surface area contributed by atoms with E-state index in [1.165, 1.54) is 64.0 Å².